The molecule has 0 aromatic heterocycles. The van der Waals surface area contributed by atoms with Crippen LogP contribution < -0.4 is 24.8 Å². The summed E-state index contributed by atoms with van der Waals surface area (Å²) in [5.74, 6) is 0. The van der Waals surface area contributed by atoms with Gasteiger partial charge in [0.2, 0.25) is 0 Å². The molecule has 0 fully saturated rings. The number of hydrogen-bond acceptors (Lipinski definition) is 0. The van der Waals surface area contributed by atoms with E-state index in [1.54, 1.807) is 22.3 Å². The summed E-state index contributed by atoms with van der Waals surface area (Å²) in [5, 5.41) is 5.51. The molecular weight excluding hydrogens is 611 g/mol. The van der Waals surface area contributed by atoms with Gasteiger partial charge in [0.05, 0.1) is 0 Å². The van der Waals surface area contributed by atoms with Crippen molar-refractivity contribution < 1.29 is 43.7 Å². The van der Waals surface area contributed by atoms with E-state index in [-0.39, 0.29) is 24.8 Å². The maximum atomic E-state index is 2.53. The largest absolute Gasteiger partial charge is 1.00 e. The molecule has 0 radical (unpaired) electrons. The van der Waals surface area contributed by atoms with Gasteiger partial charge in [-0.15, -0.1) is 0 Å². The second-order valence-electron chi connectivity index (χ2n) is 11.1. The van der Waals surface area contributed by atoms with Gasteiger partial charge in [-0.2, -0.15) is 0 Å². The Balaban J connectivity index is 0.00000154. The third-order valence-corrected chi connectivity index (χ3v) is 27.2. The van der Waals surface area contributed by atoms with Gasteiger partial charge >= 0.3 is 227 Å². The summed E-state index contributed by atoms with van der Waals surface area (Å²) in [7, 11) is 0. The quantitative estimate of drug-likeness (QED) is 0.265. The first kappa shape index (κ1) is 28.3. The van der Waals surface area contributed by atoms with Crippen molar-refractivity contribution in [1.82, 2.24) is 0 Å². The van der Waals surface area contributed by atoms with Crippen LogP contribution in [0.3, 0.4) is 0 Å². The minimum Gasteiger partial charge on any atom is -1.00 e. The number of halogens is 2. The maximum Gasteiger partial charge on any atom is -1.00 e. The van der Waals surface area contributed by atoms with Crippen molar-refractivity contribution in [3.05, 3.63) is 142 Å². The fourth-order valence-electron chi connectivity index (χ4n) is 7.44. The number of hydrogen-bond donors (Lipinski definition) is 0. The molecule has 5 aromatic carbocycles. The predicted molar refractivity (Wildman–Crippen MR) is 159 cm³/mol. The third-order valence-electron chi connectivity index (χ3n) is 8.81. The zero-order chi connectivity index (χ0) is 25.1. The fraction of sp³-hybridized carbons (Fsp3) is 0.143. The molecule has 0 saturated carbocycles. The molecule has 39 heavy (non-hydrogen) atoms. The van der Waals surface area contributed by atoms with Crippen LogP contribution in [0.1, 0.15) is 48.9 Å². The first-order valence-electron chi connectivity index (χ1n) is 13.3. The topological polar surface area (TPSA) is 0 Å². The summed E-state index contributed by atoms with van der Waals surface area (Å²) in [5.41, 5.74) is 10.8. The Hall–Kier alpha value is -2.22. The second kappa shape index (κ2) is 11.0. The molecule has 0 heterocycles. The molecule has 5 aromatic rings. The number of rotatable bonds is 4. The number of allylic oxidation sites excluding steroid dienone is 2. The number of fused-ring (bicyclic) bond motifs is 6. The van der Waals surface area contributed by atoms with Gasteiger partial charge in [-0.3, -0.25) is 0 Å². The fourth-order valence-corrected chi connectivity index (χ4v) is 29.0. The van der Waals surface area contributed by atoms with Gasteiger partial charge in [-0.05, 0) is 0 Å². The molecule has 0 amide bonds. The zero-order valence-electron chi connectivity index (χ0n) is 22.3. The molecule has 2 unspecified atom stereocenters. The van der Waals surface area contributed by atoms with E-state index in [9.17, 15) is 0 Å². The Bertz CT molecular complexity index is 1710. The van der Waals surface area contributed by atoms with Crippen LogP contribution in [0.4, 0.5) is 0 Å². The van der Waals surface area contributed by atoms with E-state index < -0.39 is 18.9 Å². The van der Waals surface area contributed by atoms with E-state index in [1.165, 1.54) is 42.4 Å². The van der Waals surface area contributed by atoms with Gasteiger partial charge in [0, 0.05) is 0 Å². The maximum absolute atomic E-state index is 3.08. The monoisotopic (exact) mass is 639 g/mol. The van der Waals surface area contributed by atoms with Gasteiger partial charge < -0.3 is 24.8 Å². The molecule has 0 saturated heterocycles. The SMILES string of the molecule is CC1=Cc2c(ccc3ccccc23)[CH]1[Zr+2](=[SiH2])([CH2]c1ccccc1)[CH]1C(C)=Cc2c1ccc1ccccc21.[Cl-].[Cl-]. The van der Waals surface area contributed by atoms with E-state index in [0.29, 0.717) is 7.25 Å². The van der Waals surface area contributed by atoms with Crippen LogP contribution in [0.15, 0.2) is 114 Å². The van der Waals surface area contributed by atoms with Crippen LogP contribution in [0, 0.1) is 0 Å². The predicted octanol–water partition coefficient (Wildman–Crippen LogP) is 2.52. The Kier molecular flexibility index (Phi) is 7.97. The van der Waals surface area contributed by atoms with Gasteiger partial charge in [0.25, 0.3) is 0 Å². The van der Waals surface area contributed by atoms with E-state index in [1.807, 2.05) is 0 Å². The molecule has 2 aliphatic rings. The van der Waals surface area contributed by atoms with E-state index in [2.05, 4.69) is 136 Å². The summed E-state index contributed by atoms with van der Waals surface area (Å²) in [6.07, 6.45) is 5.06. The molecule has 2 atom stereocenters. The van der Waals surface area contributed by atoms with Crippen LogP contribution >= 0.6 is 0 Å². The Morgan fingerprint density at radius 2 is 1.00 bits per heavy atom. The van der Waals surface area contributed by atoms with Crippen molar-refractivity contribution in [2.45, 2.75) is 25.2 Å². The number of benzene rings is 5. The summed E-state index contributed by atoms with van der Waals surface area (Å²) in [6.45, 7) is 7.30. The van der Waals surface area contributed by atoms with Crippen LogP contribution in [0.5, 0.6) is 0 Å². The van der Waals surface area contributed by atoms with Crippen LogP contribution in [0.25, 0.3) is 33.7 Å². The molecule has 0 nitrogen and oxygen atoms in total. The minimum atomic E-state index is -3.08. The van der Waals surface area contributed by atoms with Crippen molar-refractivity contribution in [3.8, 4) is 0 Å². The van der Waals surface area contributed by atoms with Crippen molar-refractivity contribution in [1.29, 1.82) is 0 Å². The van der Waals surface area contributed by atoms with Crippen LogP contribution in [-0.4, -0.2) is 6.88 Å². The van der Waals surface area contributed by atoms with E-state index in [0.717, 1.165) is 0 Å². The van der Waals surface area contributed by atoms with Crippen LogP contribution in [0.2, 0.25) is 0 Å². The summed E-state index contributed by atoms with van der Waals surface area (Å²) in [6, 6.07) is 38.8. The molecular formula is C35H31Cl2SiZr. The molecule has 0 aliphatic heterocycles. The van der Waals surface area contributed by atoms with Crippen molar-refractivity contribution in [2.24, 2.45) is 0 Å². The molecule has 7 rings (SSSR count). The van der Waals surface area contributed by atoms with E-state index in [4.69, 9.17) is 0 Å². The first-order valence-corrected chi connectivity index (χ1v) is 23.8. The molecule has 0 N–H and O–H groups in total. The summed E-state index contributed by atoms with van der Waals surface area (Å²) < 4.78 is 2.38. The molecule has 0 bridgehead atoms. The second-order valence-corrected chi connectivity index (χ2v) is 28.7. The average Bonchev–Trinajstić information content (AvgIpc) is 3.46. The summed E-state index contributed by atoms with van der Waals surface area (Å²) >= 11 is -3.08. The van der Waals surface area contributed by atoms with Crippen molar-refractivity contribution >= 4 is 40.6 Å². The standard InChI is InChI=1S/2C14H11.C7H7.2ClH.H2Si.Zr/c2*1-10-8-12-7-6-11-4-2-3-5-13(11)14(12)9-10;1-7-5-3-2-4-6-7;;;;/h2*2-9H,1H3;2-6H,1H2;2*1H;1H2;/q;;;;;;+2/p-2. The minimum absolute atomic E-state index is 0. The van der Waals surface area contributed by atoms with Gasteiger partial charge in [0.1, 0.15) is 0 Å². The summed E-state index contributed by atoms with van der Waals surface area (Å²) in [4.78, 5) is 0. The van der Waals surface area contributed by atoms with Crippen molar-refractivity contribution in [2.75, 3.05) is 0 Å². The third kappa shape index (κ3) is 4.54. The average molecular weight is 642 g/mol. The Morgan fingerprint density at radius 3 is 1.49 bits per heavy atom. The first-order chi connectivity index (χ1) is 18.0. The van der Waals surface area contributed by atoms with Gasteiger partial charge in [0.15, 0.2) is 0 Å². The normalized spacial score (nSPS) is 18.0. The molecule has 193 valence electrons. The smallest absolute Gasteiger partial charge is 1.00 e. The molecule has 0 spiro atoms. The Labute approximate surface area is 249 Å². The molecule has 4 heteroatoms. The Morgan fingerprint density at radius 1 is 0.564 bits per heavy atom. The molecule has 2 aliphatic carbocycles. The van der Waals surface area contributed by atoms with E-state index >= 15 is 0 Å². The zero-order valence-corrected chi connectivity index (χ0v) is 27.7. The van der Waals surface area contributed by atoms with Crippen LogP contribution in [-0.2, 0) is 23.0 Å². The van der Waals surface area contributed by atoms with Gasteiger partial charge in [-0.25, -0.2) is 0 Å². The van der Waals surface area contributed by atoms with Gasteiger partial charge in [-0.1, -0.05) is 0 Å². The van der Waals surface area contributed by atoms with Crippen molar-refractivity contribution in [3.63, 3.8) is 0 Å².